The maximum atomic E-state index is 12.7. The fraction of sp³-hybridized carbons (Fsp3) is 0.0500. The molecule has 0 fully saturated rings. The summed E-state index contributed by atoms with van der Waals surface area (Å²) >= 11 is 0. The Morgan fingerprint density at radius 2 is 1.96 bits per heavy atom. The van der Waals surface area contributed by atoms with Gasteiger partial charge in [0.1, 0.15) is 0 Å². The zero-order valence-electron chi connectivity index (χ0n) is 14.1. The van der Waals surface area contributed by atoms with Crippen LogP contribution in [-0.2, 0) is 0 Å². The SMILES string of the molecule is Cc1nn(-c2ccccc2)cc1C(=O)Nc1cccc(-c2cnco2)c1. The predicted octanol–water partition coefficient (Wildman–Crippen LogP) is 4.09. The molecule has 4 aromatic rings. The fourth-order valence-corrected chi connectivity index (χ4v) is 2.70. The van der Waals surface area contributed by atoms with Crippen molar-refractivity contribution in [1.82, 2.24) is 14.8 Å². The summed E-state index contributed by atoms with van der Waals surface area (Å²) in [6.45, 7) is 1.82. The summed E-state index contributed by atoms with van der Waals surface area (Å²) in [6, 6.07) is 17.1. The number of aryl methyl sites for hydroxylation is 1. The summed E-state index contributed by atoms with van der Waals surface area (Å²) in [4.78, 5) is 16.6. The molecule has 0 unspecified atom stereocenters. The molecule has 2 aromatic heterocycles. The van der Waals surface area contributed by atoms with Crippen LogP contribution in [0.15, 0.2) is 77.8 Å². The maximum absolute atomic E-state index is 12.7. The van der Waals surface area contributed by atoms with Crippen molar-refractivity contribution in [2.45, 2.75) is 6.92 Å². The monoisotopic (exact) mass is 344 g/mol. The number of carbonyl (C=O) groups excluding carboxylic acids is 1. The minimum atomic E-state index is -0.209. The molecule has 0 saturated carbocycles. The Morgan fingerprint density at radius 1 is 1.12 bits per heavy atom. The molecule has 26 heavy (non-hydrogen) atoms. The molecule has 0 saturated heterocycles. The third-order valence-corrected chi connectivity index (χ3v) is 4.00. The van der Waals surface area contributed by atoms with Crippen LogP contribution >= 0.6 is 0 Å². The number of benzene rings is 2. The second-order valence-electron chi connectivity index (χ2n) is 5.81. The highest BCUT2D eigenvalue weighted by Crippen LogP contribution is 2.23. The van der Waals surface area contributed by atoms with E-state index in [9.17, 15) is 4.79 Å². The molecular formula is C20H16N4O2. The van der Waals surface area contributed by atoms with E-state index in [1.165, 1.54) is 6.39 Å². The van der Waals surface area contributed by atoms with E-state index in [0.29, 0.717) is 22.7 Å². The van der Waals surface area contributed by atoms with Gasteiger partial charge in [-0.1, -0.05) is 30.3 Å². The molecule has 1 N–H and O–H groups in total. The van der Waals surface area contributed by atoms with Crippen LogP contribution in [0.4, 0.5) is 5.69 Å². The molecule has 1 amide bonds. The van der Waals surface area contributed by atoms with Gasteiger partial charge in [0.15, 0.2) is 12.2 Å². The second kappa shape index (κ2) is 6.68. The van der Waals surface area contributed by atoms with Gasteiger partial charge in [-0.25, -0.2) is 9.67 Å². The van der Waals surface area contributed by atoms with Gasteiger partial charge in [-0.3, -0.25) is 4.79 Å². The Kier molecular flexibility index (Phi) is 4.07. The highest BCUT2D eigenvalue weighted by molar-refractivity contribution is 6.05. The molecule has 0 bridgehead atoms. The van der Waals surface area contributed by atoms with Crippen molar-refractivity contribution in [3.05, 3.63) is 84.6 Å². The Bertz CT molecular complexity index is 1040. The van der Waals surface area contributed by atoms with Gasteiger partial charge in [0.2, 0.25) is 0 Å². The number of carbonyl (C=O) groups is 1. The third-order valence-electron chi connectivity index (χ3n) is 4.00. The van der Waals surface area contributed by atoms with Crippen LogP contribution in [-0.4, -0.2) is 20.7 Å². The van der Waals surface area contributed by atoms with E-state index in [0.717, 1.165) is 11.3 Å². The lowest BCUT2D eigenvalue weighted by Gasteiger charge is -2.05. The largest absolute Gasteiger partial charge is 0.444 e. The van der Waals surface area contributed by atoms with Gasteiger partial charge >= 0.3 is 0 Å². The first-order valence-corrected chi connectivity index (χ1v) is 8.13. The number of para-hydroxylation sites is 1. The smallest absolute Gasteiger partial charge is 0.259 e. The molecule has 4 rings (SSSR count). The van der Waals surface area contributed by atoms with Crippen LogP contribution in [0, 0.1) is 6.92 Å². The van der Waals surface area contributed by atoms with Crippen molar-refractivity contribution >= 4 is 11.6 Å². The van der Waals surface area contributed by atoms with Gasteiger partial charge in [-0.2, -0.15) is 5.10 Å². The van der Waals surface area contributed by atoms with E-state index in [1.807, 2.05) is 61.5 Å². The minimum absolute atomic E-state index is 0.209. The zero-order valence-corrected chi connectivity index (χ0v) is 14.1. The van der Waals surface area contributed by atoms with Gasteiger partial charge in [0.05, 0.1) is 23.1 Å². The quantitative estimate of drug-likeness (QED) is 0.605. The van der Waals surface area contributed by atoms with Crippen molar-refractivity contribution in [3.63, 3.8) is 0 Å². The molecule has 2 aromatic carbocycles. The lowest BCUT2D eigenvalue weighted by Crippen LogP contribution is -2.12. The summed E-state index contributed by atoms with van der Waals surface area (Å²) in [6.07, 6.45) is 4.75. The fourth-order valence-electron chi connectivity index (χ4n) is 2.70. The summed E-state index contributed by atoms with van der Waals surface area (Å²) in [5, 5.41) is 7.35. The van der Waals surface area contributed by atoms with Crippen LogP contribution in [0.5, 0.6) is 0 Å². The molecule has 0 atom stereocenters. The number of amides is 1. The first-order chi connectivity index (χ1) is 12.7. The minimum Gasteiger partial charge on any atom is -0.444 e. The molecule has 0 aliphatic heterocycles. The number of anilines is 1. The average Bonchev–Trinajstić information content (AvgIpc) is 3.32. The number of hydrogen-bond acceptors (Lipinski definition) is 4. The second-order valence-corrected chi connectivity index (χ2v) is 5.81. The van der Waals surface area contributed by atoms with E-state index in [1.54, 1.807) is 17.1 Å². The molecule has 0 radical (unpaired) electrons. The summed E-state index contributed by atoms with van der Waals surface area (Å²) in [7, 11) is 0. The van der Waals surface area contributed by atoms with E-state index in [4.69, 9.17) is 4.42 Å². The number of aromatic nitrogens is 3. The topological polar surface area (TPSA) is 73.0 Å². The average molecular weight is 344 g/mol. The van der Waals surface area contributed by atoms with Gasteiger partial charge in [-0.15, -0.1) is 0 Å². The van der Waals surface area contributed by atoms with Gasteiger partial charge in [0.25, 0.3) is 5.91 Å². The van der Waals surface area contributed by atoms with Crippen LogP contribution in [0.25, 0.3) is 17.0 Å². The third kappa shape index (κ3) is 3.12. The van der Waals surface area contributed by atoms with Crippen molar-refractivity contribution in [3.8, 4) is 17.0 Å². The summed E-state index contributed by atoms with van der Waals surface area (Å²) < 4.78 is 7.00. The first-order valence-electron chi connectivity index (χ1n) is 8.13. The normalized spacial score (nSPS) is 10.7. The Balaban J connectivity index is 1.58. The van der Waals surface area contributed by atoms with E-state index < -0.39 is 0 Å². The Hall–Kier alpha value is -3.67. The number of nitrogens with one attached hydrogen (secondary N) is 1. The van der Waals surface area contributed by atoms with Crippen molar-refractivity contribution in [2.75, 3.05) is 5.32 Å². The van der Waals surface area contributed by atoms with Crippen LogP contribution in [0.1, 0.15) is 16.1 Å². The van der Waals surface area contributed by atoms with Crippen LogP contribution in [0.2, 0.25) is 0 Å². The molecule has 0 spiro atoms. The van der Waals surface area contributed by atoms with Gasteiger partial charge in [-0.05, 0) is 31.2 Å². The molecular weight excluding hydrogens is 328 g/mol. The first kappa shape index (κ1) is 15.8. The highest BCUT2D eigenvalue weighted by Gasteiger charge is 2.15. The van der Waals surface area contributed by atoms with E-state index >= 15 is 0 Å². The molecule has 2 heterocycles. The molecule has 0 aliphatic carbocycles. The number of rotatable bonds is 4. The van der Waals surface area contributed by atoms with Gasteiger partial charge < -0.3 is 9.73 Å². The van der Waals surface area contributed by atoms with E-state index in [-0.39, 0.29) is 5.91 Å². The zero-order chi connectivity index (χ0) is 17.9. The number of nitrogens with zero attached hydrogens (tertiary/aromatic N) is 3. The lowest BCUT2D eigenvalue weighted by atomic mass is 10.1. The highest BCUT2D eigenvalue weighted by atomic mass is 16.3. The van der Waals surface area contributed by atoms with Crippen LogP contribution in [0.3, 0.4) is 0 Å². The van der Waals surface area contributed by atoms with Crippen molar-refractivity contribution in [1.29, 1.82) is 0 Å². The molecule has 6 nitrogen and oxygen atoms in total. The van der Waals surface area contributed by atoms with Gasteiger partial charge in [0, 0.05) is 17.4 Å². The summed E-state index contributed by atoms with van der Waals surface area (Å²) in [5.41, 5.74) is 3.62. The van der Waals surface area contributed by atoms with Crippen molar-refractivity contribution in [2.24, 2.45) is 0 Å². The number of oxazole rings is 1. The summed E-state index contributed by atoms with van der Waals surface area (Å²) in [5.74, 6) is 0.438. The number of hydrogen-bond donors (Lipinski definition) is 1. The van der Waals surface area contributed by atoms with E-state index in [2.05, 4.69) is 15.4 Å². The van der Waals surface area contributed by atoms with Crippen molar-refractivity contribution < 1.29 is 9.21 Å². The Morgan fingerprint density at radius 3 is 2.73 bits per heavy atom. The van der Waals surface area contributed by atoms with Crippen LogP contribution < -0.4 is 5.32 Å². The predicted molar refractivity (Wildman–Crippen MR) is 98.2 cm³/mol. The lowest BCUT2D eigenvalue weighted by molar-refractivity contribution is 0.102. The maximum Gasteiger partial charge on any atom is 0.259 e. The standard InChI is InChI=1S/C20H16N4O2/c1-14-18(12-24(23-14)17-8-3-2-4-9-17)20(25)22-16-7-5-6-15(10-16)19-11-21-13-26-19/h2-13H,1H3,(H,22,25). The molecule has 128 valence electrons. The molecule has 6 heteroatoms. The molecule has 0 aliphatic rings. The Labute approximate surface area is 150 Å².